The number of rotatable bonds is 5. The molecule has 4 nitrogen and oxygen atoms in total. The van der Waals surface area contributed by atoms with Gasteiger partial charge in [-0.15, -0.1) is 0 Å². The maximum Gasteiger partial charge on any atom is 0.330 e. The van der Waals surface area contributed by atoms with Gasteiger partial charge in [0.1, 0.15) is 0 Å². The molecule has 0 spiro atoms. The predicted molar refractivity (Wildman–Crippen MR) is 41.3 cm³/mol. The molecule has 0 fully saturated rings. The zero-order valence-electron chi connectivity index (χ0n) is 6.86. The molecule has 0 aromatic heterocycles. The minimum Gasteiger partial charge on any atom is -0.312 e. The minimum absolute atomic E-state index is 0.0868. The fourth-order valence-electron chi connectivity index (χ4n) is 0.596. The van der Waals surface area contributed by atoms with Gasteiger partial charge >= 0.3 is 7.60 Å². The second-order valence-corrected chi connectivity index (χ2v) is 4.49. The van der Waals surface area contributed by atoms with Crippen LogP contribution >= 0.6 is 7.60 Å². The van der Waals surface area contributed by atoms with Crippen molar-refractivity contribution in [3.8, 4) is 0 Å². The van der Waals surface area contributed by atoms with E-state index in [2.05, 4.69) is 9.05 Å². The van der Waals surface area contributed by atoms with E-state index in [-0.39, 0.29) is 6.16 Å². The van der Waals surface area contributed by atoms with Crippen LogP contribution in [0.3, 0.4) is 0 Å². The molecular formula is C6H12O4P. The third kappa shape index (κ3) is 3.65. The smallest absolute Gasteiger partial charge is 0.312 e. The Hall–Kier alpha value is -0.180. The van der Waals surface area contributed by atoms with Crippen LogP contribution in [-0.2, 0) is 18.4 Å². The highest BCUT2D eigenvalue weighted by Crippen LogP contribution is 2.47. The molecule has 5 heteroatoms. The number of carbonyl (C=O) groups excluding carboxylic acids is 1. The van der Waals surface area contributed by atoms with Crippen molar-refractivity contribution in [3.63, 3.8) is 0 Å². The zero-order chi connectivity index (χ0) is 8.91. The third-order valence-corrected chi connectivity index (χ3v) is 3.36. The van der Waals surface area contributed by atoms with Crippen molar-refractivity contribution >= 4 is 13.9 Å². The molecule has 0 aliphatic rings. The molecule has 11 heavy (non-hydrogen) atoms. The minimum atomic E-state index is -3.02. The second-order valence-electron chi connectivity index (χ2n) is 2.18. The van der Waals surface area contributed by atoms with Gasteiger partial charge in [0.2, 0.25) is 6.29 Å². The van der Waals surface area contributed by atoms with Gasteiger partial charge < -0.3 is 9.05 Å². The Morgan fingerprint density at radius 3 is 2.18 bits per heavy atom. The van der Waals surface area contributed by atoms with E-state index >= 15 is 0 Å². The summed E-state index contributed by atoms with van der Waals surface area (Å²) in [4.78, 5) is 10.1. The molecule has 0 N–H and O–H groups in total. The Morgan fingerprint density at radius 1 is 1.45 bits per heavy atom. The van der Waals surface area contributed by atoms with Crippen molar-refractivity contribution in [3.05, 3.63) is 0 Å². The molecule has 0 aromatic rings. The van der Waals surface area contributed by atoms with Crippen LogP contribution in [-0.4, -0.2) is 26.7 Å². The first kappa shape index (κ1) is 10.8. The van der Waals surface area contributed by atoms with E-state index in [1.54, 1.807) is 13.2 Å². The fraction of sp³-hybridized carbons (Fsp3) is 0.833. The monoisotopic (exact) mass is 179 g/mol. The van der Waals surface area contributed by atoms with Crippen molar-refractivity contribution in [2.45, 2.75) is 6.92 Å². The molecule has 1 atom stereocenters. The average molecular weight is 179 g/mol. The van der Waals surface area contributed by atoms with Crippen molar-refractivity contribution in [2.75, 3.05) is 20.4 Å². The van der Waals surface area contributed by atoms with Crippen LogP contribution in [0.25, 0.3) is 0 Å². The summed E-state index contributed by atoms with van der Waals surface area (Å²) in [6, 6.07) is 0. The SMILES string of the molecule is COP(=O)(CC(C)[C]=O)OC. The predicted octanol–water partition coefficient (Wildman–Crippen LogP) is 1.22. The Bertz CT molecular complexity index is 160. The number of hydrogen-bond donors (Lipinski definition) is 0. The van der Waals surface area contributed by atoms with Crippen molar-refractivity contribution in [1.82, 2.24) is 0 Å². The molecule has 0 aliphatic heterocycles. The summed E-state index contributed by atoms with van der Waals surface area (Å²) in [5, 5.41) is 0. The van der Waals surface area contributed by atoms with Crippen LogP contribution in [0.4, 0.5) is 0 Å². The average Bonchev–Trinajstić information content (AvgIpc) is 2.04. The fourth-order valence-corrected chi connectivity index (χ4v) is 1.79. The van der Waals surface area contributed by atoms with Gasteiger partial charge in [0.05, 0.1) is 6.16 Å². The van der Waals surface area contributed by atoms with Gasteiger partial charge in [0.15, 0.2) is 0 Å². The molecule has 65 valence electrons. The lowest BCUT2D eigenvalue weighted by Crippen LogP contribution is -2.05. The van der Waals surface area contributed by atoms with E-state index in [4.69, 9.17) is 0 Å². The van der Waals surface area contributed by atoms with Gasteiger partial charge in [-0.25, -0.2) is 0 Å². The van der Waals surface area contributed by atoms with E-state index in [0.29, 0.717) is 0 Å². The van der Waals surface area contributed by atoms with Gasteiger partial charge in [-0.05, 0) is 0 Å². The van der Waals surface area contributed by atoms with Crippen molar-refractivity contribution in [2.24, 2.45) is 5.92 Å². The van der Waals surface area contributed by atoms with E-state index < -0.39 is 13.5 Å². The van der Waals surface area contributed by atoms with Crippen LogP contribution < -0.4 is 0 Å². The summed E-state index contributed by atoms with van der Waals surface area (Å²) in [6.45, 7) is 1.61. The van der Waals surface area contributed by atoms with Crippen molar-refractivity contribution in [1.29, 1.82) is 0 Å². The molecule has 0 aliphatic carbocycles. The summed E-state index contributed by atoms with van der Waals surface area (Å²) >= 11 is 0. The summed E-state index contributed by atoms with van der Waals surface area (Å²) in [7, 11) is -0.429. The Kier molecular flexibility index (Phi) is 4.57. The van der Waals surface area contributed by atoms with Gasteiger partial charge in [0, 0.05) is 20.1 Å². The first-order valence-corrected chi connectivity index (χ1v) is 4.89. The molecule has 0 amide bonds. The van der Waals surface area contributed by atoms with E-state index in [0.717, 1.165) is 0 Å². The van der Waals surface area contributed by atoms with E-state index in [9.17, 15) is 9.36 Å². The Labute approximate surface area is 66.4 Å². The second kappa shape index (κ2) is 4.65. The van der Waals surface area contributed by atoms with Gasteiger partial charge in [0.25, 0.3) is 0 Å². The molecular weight excluding hydrogens is 167 g/mol. The largest absolute Gasteiger partial charge is 0.330 e. The van der Waals surface area contributed by atoms with E-state index in [1.165, 1.54) is 14.2 Å². The highest BCUT2D eigenvalue weighted by Gasteiger charge is 2.24. The Balaban J connectivity index is 4.08. The summed E-state index contributed by atoms with van der Waals surface area (Å²) in [6.07, 6.45) is 1.79. The highest BCUT2D eigenvalue weighted by molar-refractivity contribution is 7.53. The third-order valence-electron chi connectivity index (χ3n) is 1.25. The molecule has 0 rings (SSSR count). The number of hydrogen-bond acceptors (Lipinski definition) is 4. The van der Waals surface area contributed by atoms with Gasteiger partial charge in [-0.1, -0.05) is 6.92 Å². The summed E-state index contributed by atoms with van der Waals surface area (Å²) < 4.78 is 20.5. The van der Waals surface area contributed by atoms with Crippen LogP contribution in [0, 0.1) is 5.92 Å². The quantitative estimate of drug-likeness (QED) is 0.595. The van der Waals surface area contributed by atoms with Crippen LogP contribution in [0.2, 0.25) is 0 Å². The molecule has 1 unspecified atom stereocenters. The van der Waals surface area contributed by atoms with Crippen LogP contribution in [0.1, 0.15) is 6.92 Å². The lowest BCUT2D eigenvalue weighted by Gasteiger charge is -2.13. The standard InChI is InChI=1S/C6H12O4P/c1-6(4-7)5-11(8,9-2)10-3/h6H,5H2,1-3H3. The molecule has 0 saturated heterocycles. The van der Waals surface area contributed by atoms with Crippen LogP contribution in [0.5, 0.6) is 0 Å². The molecule has 0 bridgehead atoms. The molecule has 0 saturated carbocycles. The van der Waals surface area contributed by atoms with Gasteiger partial charge in [-0.2, -0.15) is 0 Å². The summed E-state index contributed by atoms with van der Waals surface area (Å²) in [5.74, 6) is -0.416. The molecule has 1 radical (unpaired) electrons. The lowest BCUT2D eigenvalue weighted by atomic mass is 10.3. The highest BCUT2D eigenvalue weighted by atomic mass is 31.2. The lowest BCUT2D eigenvalue weighted by molar-refractivity contribution is 0.273. The topological polar surface area (TPSA) is 52.6 Å². The first-order chi connectivity index (χ1) is 5.08. The zero-order valence-corrected chi connectivity index (χ0v) is 7.76. The molecule has 0 aromatic carbocycles. The summed E-state index contributed by atoms with van der Waals surface area (Å²) in [5.41, 5.74) is 0. The van der Waals surface area contributed by atoms with Crippen molar-refractivity contribution < 1.29 is 18.4 Å². The maximum absolute atomic E-state index is 11.3. The van der Waals surface area contributed by atoms with Crippen LogP contribution in [0.15, 0.2) is 0 Å². The van der Waals surface area contributed by atoms with E-state index in [1.807, 2.05) is 0 Å². The Morgan fingerprint density at radius 2 is 1.91 bits per heavy atom. The normalized spacial score (nSPS) is 14.5. The maximum atomic E-state index is 11.3. The first-order valence-electron chi connectivity index (χ1n) is 3.16. The molecule has 0 heterocycles. The van der Waals surface area contributed by atoms with Gasteiger partial charge in [-0.3, -0.25) is 9.36 Å².